The van der Waals surface area contributed by atoms with Gasteiger partial charge in [0.2, 0.25) is 0 Å². The van der Waals surface area contributed by atoms with Gasteiger partial charge in [0, 0.05) is 48.7 Å². The molecular weight excluding hydrogens is 338 g/mol. The number of likely N-dealkylation sites (N-methyl/N-ethyl adjacent to an activating group) is 1. The maximum atomic E-state index is 12.6. The van der Waals surface area contributed by atoms with E-state index in [0.717, 1.165) is 49.4 Å². The molecule has 1 aliphatic heterocycles. The Hall–Kier alpha value is -2.53. The van der Waals surface area contributed by atoms with E-state index in [0.29, 0.717) is 6.04 Å². The molecule has 1 atom stereocenters. The van der Waals surface area contributed by atoms with Crippen molar-refractivity contribution in [1.82, 2.24) is 9.80 Å². The molecule has 1 fully saturated rings. The molecule has 5 nitrogen and oxygen atoms in total. The van der Waals surface area contributed by atoms with Gasteiger partial charge >= 0.3 is 0 Å². The number of carbonyl (C=O) groups excluding carboxylic acids is 1. The number of phenols is 1. The molecule has 2 aromatic rings. The van der Waals surface area contributed by atoms with Crippen LogP contribution in [-0.2, 0) is 0 Å². The maximum absolute atomic E-state index is 12.6. The lowest BCUT2D eigenvalue weighted by molar-refractivity contribution is 0.0793. The third-order valence-electron chi connectivity index (χ3n) is 5.29. The van der Waals surface area contributed by atoms with Crippen LogP contribution in [0.25, 0.3) is 0 Å². The summed E-state index contributed by atoms with van der Waals surface area (Å²) in [6, 6.07) is 15.4. The zero-order valence-corrected chi connectivity index (χ0v) is 16.4. The summed E-state index contributed by atoms with van der Waals surface area (Å²) in [5, 5.41) is 9.90. The van der Waals surface area contributed by atoms with Crippen molar-refractivity contribution >= 4 is 17.3 Å². The average molecular weight is 367 g/mol. The normalized spacial score (nSPS) is 15.2. The highest BCUT2D eigenvalue weighted by Crippen LogP contribution is 2.29. The molecule has 0 aliphatic carbocycles. The second-order valence-corrected chi connectivity index (χ2v) is 7.49. The quantitative estimate of drug-likeness (QED) is 0.845. The van der Waals surface area contributed by atoms with E-state index in [9.17, 15) is 9.90 Å². The molecule has 0 radical (unpaired) electrons. The molecule has 1 saturated heterocycles. The van der Waals surface area contributed by atoms with Crippen molar-refractivity contribution in [3.63, 3.8) is 0 Å². The number of phenolic OH excluding ortho intramolecular Hbond substituents is 1. The minimum atomic E-state index is 0.115. The zero-order valence-electron chi connectivity index (χ0n) is 16.4. The molecule has 3 rings (SSSR count). The lowest BCUT2D eigenvalue weighted by Gasteiger charge is -2.31. The first-order chi connectivity index (χ1) is 13.0. The molecule has 1 aliphatic rings. The van der Waals surface area contributed by atoms with Gasteiger partial charge in [-0.3, -0.25) is 4.79 Å². The highest BCUT2D eigenvalue weighted by molar-refractivity contribution is 5.94. The molecule has 27 heavy (non-hydrogen) atoms. The summed E-state index contributed by atoms with van der Waals surface area (Å²) in [5.41, 5.74) is 2.67. The molecule has 1 unspecified atom stereocenters. The number of amides is 1. The van der Waals surface area contributed by atoms with Gasteiger partial charge in [-0.15, -0.1) is 0 Å². The van der Waals surface area contributed by atoms with Crippen molar-refractivity contribution < 1.29 is 9.90 Å². The smallest absolute Gasteiger partial charge is 0.253 e. The minimum Gasteiger partial charge on any atom is -0.508 e. The Morgan fingerprint density at radius 1 is 1.07 bits per heavy atom. The van der Waals surface area contributed by atoms with E-state index in [2.05, 4.69) is 30.8 Å². The van der Waals surface area contributed by atoms with Crippen LogP contribution in [-0.4, -0.2) is 60.6 Å². The molecule has 2 aromatic carbocycles. The molecule has 0 saturated carbocycles. The standard InChI is InChI=1S/C22H29N3O2/c1-17(23(2)3)16-25(20-7-6-8-21(26)15-20)19-11-9-18(10-12-19)22(27)24-13-4-5-14-24/h6-12,15,17,26H,4-5,13-14,16H2,1-3H3. The van der Waals surface area contributed by atoms with Crippen LogP contribution in [0.4, 0.5) is 11.4 Å². The minimum absolute atomic E-state index is 0.115. The van der Waals surface area contributed by atoms with Crippen molar-refractivity contribution in [3.8, 4) is 5.75 Å². The van der Waals surface area contributed by atoms with E-state index in [1.807, 2.05) is 41.3 Å². The summed E-state index contributed by atoms with van der Waals surface area (Å²) in [6.07, 6.45) is 2.19. The van der Waals surface area contributed by atoms with Crippen LogP contribution in [0.5, 0.6) is 5.75 Å². The Bertz CT molecular complexity index is 767. The first kappa shape index (κ1) is 19.2. The Kier molecular flexibility index (Phi) is 6.01. The topological polar surface area (TPSA) is 47.0 Å². The van der Waals surface area contributed by atoms with E-state index in [-0.39, 0.29) is 11.7 Å². The van der Waals surface area contributed by atoms with Gasteiger partial charge in [0.15, 0.2) is 0 Å². The van der Waals surface area contributed by atoms with Crippen molar-refractivity contribution in [2.24, 2.45) is 0 Å². The van der Waals surface area contributed by atoms with Crippen LogP contribution in [0, 0.1) is 0 Å². The monoisotopic (exact) mass is 367 g/mol. The van der Waals surface area contributed by atoms with Crippen LogP contribution in [0.15, 0.2) is 48.5 Å². The van der Waals surface area contributed by atoms with Crippen LogP contribution in [0.3, 0.4) is 0 Å². The predicted octanol–water partition coefficient (Wildman–Crippen LogP) is 3.72. The molecule has 0 spiro atoms. The largest absolute Gasteiger partial charge is 0.508 e. The Labute approximate surface area is 161 Å². The number of nitrogens with zero attached hydrogens (tertiary/aromatic N) is 3. The van der Waals surface area contributed by atoms with Gasteiger partial charge in [0.05, 0.1) is 0 Å². The third-order valence-corrected chi connectivity index (χ3v) is 5.29. The zero-order chi connectivity index (χ0) is 19.4. The van der Waals surface area contributed by atoms with Gasteiger partial charge < -0.3 is 19.8 Å². The lowest BCUT2D eigenvalue weighted by Crippen LogP contribution is -2.36. The number of hydrogen-bond donors (Lipinski definition) is 1. The van der Waals surface area contributed by atoms with Crippen LogP contribution < -0.4 is 4.90 Å². The first-order valence-electron chi connectivity index (χ1n) is 9.58. The second kappa shape index (κ2) is 8.44. The van der Waals surface area contributed by atoms with Gasteiger partial charge in [0.1, 0.15) is 5.75 Å². The molecule has 1 N–H and O–H groups in total. The first-order valence-corrected chi connectivity index (χ1v) is 9.58. The fourth-order valence-corrected chi connectivity index (χ4v) is 3.34. The Morgan fingerprint density at radius 3 is 2.33 bits per heavy atom. The van der Waals surface area contributed by atoms with E-state index >= 15 is 0 Å². The van der Waals surface area contributed by atoms with E-state index < -0.39 is 0 Å². The number of aromatic hydroxyl groups is 1. The van der Waals surface area contributed by atoms with Crippen molar-refractivity contribution in [2.45, 2.75) is 25.8 Å². The Balaban J connectivity index is 1.86. The third kappa shape index (κ3) is 4.61. The van der Waals surface area contributed by atoms with E-state index in [4.69, 9.17) is 0 Å². The van der Waals surface area contributed by atoms with Gasteiger partial charge in [-0.2, -0.15) is 0 Å². The summed E-state index contributed by atoms with van der Waals surface area (Å²) >= 11 is 0. The summed E-state index contributed by atoms with van der Waals surface area (Å²) in [6.45, 7) is 4.66. The number of rotatable bonds is 6. The fourth-order valence-electron chi connectivity index (χ4n) is 3.34. The second-order valence-electron chi connectivity index (χ2n) is 7.49. The number of benzene rings is 2. The molecule has 144 valence electrons. The van der Waals surface area contributed by atoms with Gasteiger partial charge in [-0.25, -0.2) is 0 Å². The number of anilines is 2. The molecule has 1 heterocycles. The molecule has 0 bridgehead atoms. The molecule has 5 heteroatoms. The van der Waals surface area contributed by atoms with Crippen LogP contribution in [0.1, 0.15) is 30.1 Å². The van der Waals surface area contributed by atoms with Crippen LogP contribution in [0.2, 0.25) is 0 Å². The summed E-state index contributed by atoms with van der Waals surface area (Å²) in [5.74, 6) is 0.362. The van der Waals surface area contributed by atoms with Gasteiger partial charge in [-0.1, -0.05) is 6.07 Å². The number of likely N-dealkylation sites (tertiary alicyclic amines) is 1. The fraction of sp³-hybridized carbons (Fsp3) is 0.409. The lowest BCUT2D eigenvalue weighted by atomic mass is 10.1. The van der Waals surface area contributed by atoms with Crippen LogP contribution >= 0.6 is 0 Å². The van der Waals surface area contributed by atoms with E-state index in [1.165, 1.54) is 0 Å². The van der Waals surface area contributed by atoms with Gasteiger partial charge in [-0.05, 0) is 70.3 Å². The summed E-state index contributed by atoms with van der Waals surface area (Å²) in [7, 11) is 4.12. The average Bonchev–Trinajstić information content (AvgIpc) is 3.20. The summed E-state index contributed by atoms with van der Waals surface area (Å²) in [4.78, 5) is 18.9. The maximum Gasteiger partial charge on any atom is 0.253 e. The Morgan fingerprint density at radius 2 is 1.74 bits per heavy atom. The predicted molar refractivity (Wildman–Crippen MR) is 110 cm³/mol. The molecule has 0 aromatic heterocycles. The van der Waals surface area contributed by atoms with Crippen molar-refractivity contribution in [1.29, 1.82) is 0 Å². The molecular formula is C22H29N3O2. The highest BCUT2D eigenvalue weighted by Gasteiger charge is 2.20. The molecule has 1 amide bonds. The van der Waals surface area contributed by atoms with Crippen molar-refractivity contribution in [2.75, 3.05) is 38.6 Å². The number of hydrogen-bond acceptors (Lipinski definition) is 4. The SMILES string of the molecule is CC(CN(c1ccc(C(=O)N2CCCC2)cc1)c1cccc(O)c1)N(C)C. The van der Waals surface area contributed by atoms with Gasteiger partial charge in [0.25, 0.3) is 5.91 Å². The van der Waals surface area contributed by atoms with Crippen molar-refractivity contribution in [3.05, 3.63) is 54.1 Å². The summed E-state index contributed by atoms with van der Waals surface area (Å²) < 4.78 is 0. The highest BCUT2D eigenvalue weighted by atomic mass is 16.3. The number of carbonyl (C=O) groups is 1. The van der Waals surface area contributed by atoms with E-state index in [1.54, 1.807) is 12.1 Å².